The highest BCUT2D eigenvalue weighted by Gasteiger charge is 2.22. The van der Waals surface area contributed by atoms with Crippen molar-refractivity contribution in [2.75, 3.05) is 23.3 Å². The number of rotatable bonds is 2. The summed E-state index contributed by atoms with van der Waals surface area (Å²) in [7, 11) is 0. The number of carbonyl (C=O) groups excluding carboxylic acids is 1. The molecule has 3 heteroatoms. The average Bonchev–Trinajstić information content (AvgIpc) is 2.32. The molecule has 0 saturated carbocycles. The van der Waals surface area contributed by atoms with E-state index in [1.165, 1.54) is 0 Å². The third-order valence-electron chi connectivity index (χ3n) is 2.56. The van der Waals surface area contributed by atoms with Crippen molar-refractivity contribution in [1.82, 2.24) is 0 Å². The van der Waals surface area contributed by atoms with E-state index in [0.717, 1.165) is 17.8 Å². The fraction of sp³-hybridized carbons (Fsp3) is 0.308. The number of hydrogen-bond donors (Lipinski definition) is 1. The van der Waals surface area contributed by atoms with Crippen molar-refractivity contribution in [3.05, 3.63) is 24.3 Å². The summed E-state index contributed by atoms with van der Waals surface area (Å²) in [4.78, 5) is 13.6. The molecule has 1 amide bonds. The van der Waals surface area contributed by atoms with Gasteiger partial charge in [-0.2, -0.15) is 0 Å². The van der Waals surface area contributed by atoms with Crippen molar-refractivity contribution in [1.29, 1.82) is 0 Å². The molecule has 1 aliphatic heterocycles. The zero-order valence-corrected chi connectivity index (χ0v) is 9.29. The molecule has 0 aliphatic carbocycles. The molecule has 3 nitrogen and oxygen atoms in total. The number of amides is 1. The minimum Gasteiger partial charge on any atom is -0.374 e. The number of hydrogen-bond acceptors (Lipinski definition) is 2. The van der Waals surface area contributed by atoms with Gasteiger partial charge in [-0.25, -0.2) is 0 Å². The third-order valence-corrected chi connectivity index (χ3v) is 2.56. The van der Waals surface area contributed by atoms with E-state index in [9.17, 15) is 4.79 Å². The van der Waals surface area contributed by atoms with E-state index in [1.54, 1.807) is 4.90 Å². The number of benzene rings is 1. The molecular weight excluding hydrogens is 200 g/mol. The lowest BCUT2D eigenvalue weighted by atomic mass is 10.2. The molecule has 0 radical (unpaired) electrons. The van der Waals surface area contributed by atoms with Crippen LogP contribution in [-0.4, -0.2) is 19.0 Å². The van der Waals surface area contributed by atoms with Crippen LogP contribution >= 0.6 is 0 Å². The van der Waals surface area contributed by atoms with Gasteiger partial charge in [-0.15, -0.1) is 11.8 Å². The SMILES string of the molecule is CC#CCCN1C(=O)CNc2ccccc21. The van der Waals surface area contributed by atoms with Crippen LogP contribution in [0.5, 0.6) is 0 Å². The van der Waals surface area contributed by atoms with Crippen LogP contribution in [0.2, 0.25) is 0 Å². The van der Waals surface area contributed by atoms with Crippen molar-refractivity contribution < 1.29 is 4.79 Å². The molecule has 82 valence electrons. The van der Waals surface area contributed by atoms with Crippen LogP contribution in [0.15, 0.2) is 24.3 Å². The quantitative estimate of drug-likeness (QED) is 0.762. The molecule has 0 saturated heterocycles. The Morgan fingerprint density at radius 3 is 3.06 bits per heavy atom. The average molecular weight is 214 g/mol. The molecule has 0 bridgehead atoms. The second kappa shape index (κ2) is 4.71. The lowest BCUT2D eigenvalue weighted by Crippen LogP contribution is -2.40. The van der Waals surface area contributed by atoms with Gasteiger partial charge >= 0.3 is 0 Å². The molecule has 1 aromatic carbocycles. The fourth-order valence-electron chi connectivity index (χ4n) is 1.80. The van der Waals surface area contributed by atoms with Crippen LogP contribution in [0.1, 0.15) is 13.3 Å². The van der Waals surface area contributed by atoms with E-state index >= 15 is 0 Å². The van der Waals surface area contributed by atoms with E-state index in [2.05, 4.69) is 17.2 Å². The Bertz CT molecular complexity index is 456. The third kappa shape index (κ3) is 2.01. The second-order valence-electron chi connectivity index (χ2n) is 3.59. The number of nitrogens with one attached hydrogen (secondary N) is 1. The van der Waals surface area contributed by atoms with Crippen molar-refractivity contribution >= 4 is 17.3 Å². The first-order chi connectivity index (χ1) is 7.83. The molecule has 0 unspecified atom stereocenters. The molecule has 1 heterocycles. The van der Waals surface area contributed by atoms with E-state index in [4.69, 9.17) is 0 Å². The molecule has 2 rings (SSSR count). The number of para-hydroxylation sites is 2. The topological polar surface area (TPSA) is 32.3 Å². The van der Waals surface area contributed by atoms with Crippen LogP contribution in [-0.2, 0) is 4.79 Å². The fourth-order valence-corrected chi connectivity index (χ4v) is 1.80. The first-order valence-electron chi connectivity index (χ1n) is 5.36. The molecule has 0 spiro atoms. The summed E-state index contributed by atoms with van der Waals surface area (Å²) in [6, 6.07) is 7.85. The van der Waals surface area contributed by atoms with Gasteiger partial charge in [0.05, 0.1) is 17.9 Å². The molecule has 1 aromatic rings. The summed E-state index contributed by atoms with van der Waals surface area (Å²) in [6.45, 7) is 2.85. The predicted molar refractivity (Wildman–Crippen MR) is 65.4 cm³/mol. The van der Waals surface area contributed by atoms with Crippen LogP contribution in [0.3, 0.4) is 0 Å². The van der Waals surface area contributed by atoms with Crippen LogP contribution < -0.4 is 10.2 Å². The number of anilines is 2. The summed E-state index contributed by atoms with van der Waals surface area (Å²) in [6.07, 6.45) is 0.719. The van der Waals surface area contributed by atoms with E-state index in [-0.39, 0.29) is 5.91 Å². The van der Waals surface area contributed by atoms with Crippen LogP contribution in [0, 0.1) is 11.8 Å². The maximum Gasteiger partial charge on any atom is 0.246 e. The smallest absolute Gasteiger partial charge is 0.246 e. The Hall–Kier alpha value is -1.95. The Morgan fingerprint density at radius 2 is 2.25 bits per heavy atom. The number of nitrogens with zero attached hydrogens (tertiary/aromatic N) is 1. The molecule has 0 aromatic heterocycles. The maximum absolute atomic E-state index is 11.8. The highest BCUT2D eigenvalue weighted by molar-refractivity contribution is 6.02. The predicted octanol–water partition coefficient (Wildman–Crippen LogP) is 1.86. The van der Waals surface area contributed by atoms with Gasteiger partial charge in [0.2, 0.25) is 5.91 Å². The van der Waals surface area contributed by atoms with Crippen molar-refractivity contribution in [2.24, 2.45) is 0 Å². The van der Waals surface area contributed by atoms with E-state index in [1.807, 2.05) is 31.2 Å². The van der Waals surface area contributed by atoms with Gasteiger partial charge in [-0.3, -0.25) is 4.79 Å². The lowest BCUT2D eigenvalue weighted by molar-refractivity contribution is -0.117. The Balaban J connectivity index is 2.21. The summed E-state index contributed by atoms with van der Waals surface area (Å²) in [5.41, 5.74) is 1.98. The van der Waals surface area contributed by atoms with Gasteiger partial charge in [-0.05, 0) is 19.1 Å². The largest absolute Gasteiger partial charge is 0.374 e. The summed E-state index contributed by atoms with van der Waals surface area (Å²) >= 11 is 0. The number of fused-ring (bicyclic) bond motifs is 1. The lowest BCUT2D eigenvalue weighted by Gasteiger charge is -2.29. The molecule has 1 aliphatic rings. The summed E-state index contributed by atoms with van der Waals surface area (Å²) in [5, 5.41) is 3.11. The minimum absolute atomic E-state index is 0.108. The number of carbonyl (C=O) groups is 1. The van der Waals surface area contributed by atoms with Crippen molar-refractivity contribution in [3.63, 3.8) is 0 Å². The summed E-state index contributed by atoms with van der Waals surface area (Å²) in [5.74, 6) is 5.93. The molecule has 16 heavy (non-hydrogen) atoms. The van der Waals surface area contributed by atoms with Crippen LogP contribution in [0.4, 0.5) is 11.4 Å². The van der Waals surface area contributed by atoms with Gasteiger partial charge in [0, 0.05) is 13.0 Å². The molecule has 0 atom stereocenters. The Labute approximate surface area is 95.5 Å². The van der Waals surface area contributed by atoms with Crippen molar-refractivity contribution in [2.45, 2.75) is 13.3 Å². The normalized spacial score (nSPS) is 13.6. The monoisotopic (exact) mass is 214 g/mol. The van der Waals surface area contributed by atoms with Gasteiger partial charge in [0.25, 0.3) is 0 Å². The van der Waals surface area contributed by atoms with Crippen LogP contribution in [0.25, 0.3) is 0 Å². The summed E-state index contributed by atoms with van der Waals surface area (Å²) < 4.78 is 0. The Morgan fingerprint density at radius 1 is 1.44 bits per heavy atom. The first kappa shape index (κ1) is 10.6. The van der Waals surface area contributed by atoms with Gasteiger partial charge in [0.1, 0.15) is 0 Å². The van der Waals surface area contributed by atoms with E-state index < -0.39 is 0 Å². The van der Waals surface area contributed by atoms with Gasteiger partial charge < -0.3 is 10.2 Å². The zero-order chi connectivity index (χ0) is 11.4. The zero-order valence-electron chi connectivity index (χ0n) is 9.29. The highest BCUT2D eigenvalue weighted by atomic mass is 16.2. The Kier molecular flexibility index (Phi) is 3.11. The van der Waals surface area contributed by atoms with Gasteiger partial charge in [-0.1, -0.05) is 12.1 Å². The molecule has 0 fully saturated rings. The first-order valence-corrected chi connectivity index (χ1v) is 5.36. The van der Waals surface area contributed by atoms with Gasteiger partial charge in [0.15, 0.2) is 0 Å². The maximum atomic E-state index is 11.8. The minimum atomic E-state index is 0.108. The second-order valence-corrected chi connectivity index (χ2v) is 3.59. The molecular formula is C13H14N2O. The van der Waals surface area contributed by atoms with Crippen molar-refractivity contribution in [3.8, 4) is 11.8 Å². The molecule has 1 N–H and O–H groups in total. The van der Waals surface area contributed by atoms with E-state index in [0.29, 0.717) is 13.1 Å². The standard InChI is InChI=1S/C13H14N2O/c1-2-3-6-9-15-12-8-5-4-7-11(12)14-10-13(15)16/h4-5,7-8,14H,6,9-10H2,1H3. The highest BCUT2D eigenvalue weighted by Crippen LogP contribution is 2.28.